The first-order valence-electron chi connectivity index (χ1n) is 11.3. The highest BCUT2D eigenvalue weighted by Crippen LogP contribution is 2.40. The summed E-state index contributed by atoms with van der Waals surface area (Å²) in [7, 11) is -3.12. The van der Waals surface area contributed by atoms with Crippen LogP contribution in [0.5, 0.6) is 0 Å². The molecule has 3 heterocycles. The Morgan fingerprint density at radius 2 is 1.94 bits per heavy atom. The zero-order valence-electron chi connectivity index (χ0n) is 18.8. The van der Waals surface area contributed by atoms with Gasteiger partial charge in [0, 0.05) is 31.9 Å². The Bertz CT molecular complexity index is 1030. The maximum absolute atomic E-state index is 12.4. The Morgan fingerprint density at radius 1 is 1.22 bits per heavy atom. The van der Waals surface area contributed by atoms with Crippen LogP contribution < -0.4 is 10.6 Å². The lowest BCUT2D eigenvalue weighted by atomic mass is 10.0. The summed E-state index contributed by atoms with van der Waals surface area (Å²) in [5.41, 5.74) is 0.822. The van der Waals surface area contributed by atoms with Crippen molar-refractivity contribution in [3.05, 3.63) is 23.6 Å². The molecular weight excluding hydrogens is 450 g/mol. The van der Waals surface area contributed by atoms with Crippen molar-refractivity contribution >= 4 is 39.1 Å². The van der Waals surface area contributed by atoms with Gasteiger partial charge in [-0.2, -0.15) is 10.1 Å². The predicted octanol–water partition coefficient (Wildman–Crippen LogP) is 3.59. The summed E-state index contributed by atoms with van der Waals surface area (Å²) in [5.74, 6) is 2.55. The molecule has 2 N–H and O–H groups in total. The van der Waals surface area contributed by atoms with E-state index in [0.29, 0.717) is 54.1 Å². The molecule has 9 nitrogen and oxygen atoms in total. The normalized spacial score (nSPS) is 23.6. The second-order valence-electron chi connectivity index (χ2n) is 9.33. The molecule has 2 fully saturated rings. The largest absolute Gasteiger partial charge is 0.366 e. The number of nitrogens with zero attached hydrogens (tertiary/aromatic N) is 5. The predicted molar refractivity (Wildman–Crippen MR) is 127 cm³/mol. The number of rotatable bonds is 9. The van der Waals surface area contributed by atoms with Crippen molar-refractivity contribution in [2.75, 3.05) is 29.5 Å². The van der Waals surface area contributed by atoms with Gasteiger partial charge in [0.05, 0.1) is 23.8 Å². The molecule has 0 amide bonds. The van der Waals surface area contributed by atoms with Gasteiger partial charge in [-0.25, -0.2) is 17.7 Å². The molecule has 1 saturated heterocycles. The van der Waals surface area contributed by atoms with Gasteiger partial charge in [-0.15, -0.1) is 0 Å². The molecule has 4 rings (SSSR count). The summed E-state index contributed by atoms with van der Waals surface area (Å²) in [6.07, 6.45) is 7.75. The van der Waals surface area contributed by atoms with Crippen molar-refractivity contribution in [1.82, 2.24) is 24.1 Å². The Balaban J connectivity index is 1.36. The monoisotopic (exact) mass is 481 g/mol. The van der Waals surface area contributed by atoms with E-state index in [1.165, 1.54) is 0 Å². The van der Waals surface area contributed by atoms with E-state index >= 15 is 0 Å². The average molecular weight is 482 g/mol. The zero-order chi connectivity index (χ0) is 22.9. The van der Waals surface area contributed by atoms with E-state index in [1.807, 2.05) is 17.8 Å². The number of sulfonamides is 1. The quantitative estimate of drug-likeness (QED) is 0.563. The Labute approximate surface area is 195 Å². The molecule has 176 valence electrons. The fraction of sp³-hybridized carbons (Fsp3) is 0.667. The van der Waals surface area contributed by atoms with E-state index in [0.717, 1.165) is 25.1 Å². The number of halogens is 1. The summed E-state index contributed by atoms with van der Waals surface area (Å²) in [4.78, 5) is 8.85. The lowest BCUT2D eigenvalue weighted by Crippen LogP contribution is -2.32. The average Bonchev–Trinajstić information content (AvgIpc) is 3.39. The molecule has 0 radical (unpaired) electrons. The molecule has 1 aliphatic carbocycles. The van der Waals surface area contributed by atoms with Gasteiger partial charge in [0.25, 0.3) is 0 Å². The van der Waals surface area contributed by atoms with Crippen LogP contribution in [0, 0.1) is 17.8 Å². The van der Waals surface area contributed by atoms with E-state index in [4.69, 9.17) is 11.6 Å². The topological polar surface area (TPSA) is 105 Å². The van der Waals surface area contributed by atoms with Gasteiger partial charge >= 0.3 is 0 Å². The molecule has 2 aromatic rings. The van der Waals surface area contributed by atoms with Crippen molar-refractivity contribution in [1.29, 1.82) is 0 Å². The van der Waals surface area contributed by atoms with Gasteiger partial charge in [-0.3, -0.25) is 4.68 Å². The van der Waals surface area contributed by atoms with Crippen molar-refractivity contribution in [2.24, 2.45) is 17.8 Å². The van der Waals surface area contributed by atoms with Gasteiger partial charge < -0.3 is 10.6 Å². The van der Waals surface area contributed by atoms with Crippen LogP contribution in [0.15, 0.2) is 18.6 Å². The fourth-order valence-corrected chi connectivity index (χ4v) is 6.50. The van der Waals surface area contributed by atoms with Gasteiger partial charge in [-0.05, 0) is 37.0 Å². The zero-order valence-corrected chi connectivity index (χ0v) is 20.4. The molecule has 0 aromatic carbocycles. The summed E-state index contributed by atoms with van der Waals surface area (Å²) < 4.78 is 28.3. The molecule has 2 unspecified atom stereocenters. The Kier molecular flexibility index (Phi) is 6.92. The highest BCUT2D eigenvalue weighted by molar-refractivity contribution is 7.89. The molecule has 11 heteroatoms. The number of hydrogen-bond donors (Lipinski definition) is 2. The highest BCUT2D eigenvalue weighted by Gasteiger charge is 2.44. The molecule has 2 atom stereocenters. The summed E-state index contributed by atoms with van der Waals surface area (Å²) in [6.45, 7) is 8.28. The summed E-state index contributed by atoms with van der Waals surface area (Å²) >= 11 is 6.36. The summed E-state index contributed by atoms with van der Waals surface area (Å²) in [6, 6.07) is 0.218. The maximum atomic E-state index is 12.4. The van der Waals surface area contributed by atoms with Crippen molar-refractivity contribution < 1.29 is 8.42 Å². The second-order valence-corrected chi connectivity index (χ2v) is 11.8. The van der Waals surface area contributed by atoms with Gasteiger partial charge in [-0.1, -0.05) is 32.4 Å². The third-order valence-electron chi connectivity index (χ3n) is 6.10. The van der Waals surface area contributed by atoms with Crippen LogP contribution in [0.25, 0.3) is 0 Å². The number of hydrogen-bond acceptors (Lipinski definition) is 7. The van der Waals surface area contributed by atoms with Crippen molar-refractivity contribution in [3.63, 3.8) is 0 Å². The van der Waals surface area contributed by atoms with Crippen LogP contribution in [0.2, 0.25) is 5.02 Å². The lowest BCUT2D eigenvalue weighted by Gasteiger charge is -2.20. The molecule has 0 spiro atoms. The van der Waals surface area contributed by atoms with Gasteiger partial charge in [0.15, 0.2) is 5.82 Å². The van der Waals surface area contributed by atoms with E-state index < -0.39 is 10.0 Å². The van der Waals surface area contributed by atoms with Crippen LogP contribution in [-0.2, 0) is 16.6 Å². The van der Waals surface area contributed by atoms with E-state index in [-0.39, 0.29) is 11.8 Å². The maximum Gasteiger partial charge on any atom is 0.229 e. The third-order valence-corrected chi connectivity index (χ3v) is 8.39. The molecular formula is C21H32ClN7O2S. The first-order valence-corrected chi connectivity index (χ1v) is 13.3. The second kappa shape index (κ2) is 9.52. The molecule has 2 aliphatic rings. The molecule has 32 heavy (non-hydrogen) atoms. The first kappa shape index (κ1) is 23.3. The minimum Gasteiger partial charge on any atom is -0.366 e. The number of nitrogens with one attached hydrogen (secondary N) is 2. The van der Waals surface area contributed by atoms with Crippen LogP contribution in [0.3, 0.4) is 0 Å². The van der Waals surface area contributed by atoms with Gasteiger partial charge in [0.1, 0.15) is 5.02 Å². The van der Waals surface area contributed by atoms with Crippen LogP contribution in [0.4, 0.5) is 17.5 Å². The van der Waals surface area contributed by atoms with Crippen molar-refractivity contribution in [2.45, 2.75) is 52.6 Å². The van der Waals surface area contributed by atoms with E-state index in [9.17, 15) is 8.42 Å². The Hall–Kier alpha value is -1.91. The van der Waals surface area contributed by atoms with Crippen LogP contribution in [0.1, 0.15) is 40.0 Å². The number of fused-ring (bicyclic) bond motifs is 1. The minimum atomic E-state index is -3.12. The standard InChI is InChI=1S/C21H32ClN7O2S/c1-4-5-32(30,31)29-11-15-6-17(7-16(15)12-29)25-20-19(22)9-23-21(27-20)26-18-8-24-28(13-18)10-14(2)3/h8-9,13-17H,4-7,10-12H2,1-3H3,(H2,23,25,26,27). The highest BCUT2D eigenvalue weighted by atomic mass is 35.5. The summed E-state index contributed by atoms with van der Waals surface area (Å²) in [5, 5.41) is 11.5. The molecule has 1 saturated carbocycles. The van der Waals surface area contributed by atoms with Crippen LogP contribution >= 0.6 is 11.6 Å². The van der Waals surface area contributed by atoms with Gasteiger partial charge in [0.2, 0.25) is 16.0 Å². The first-order chi connectivity index (χ1) is 15.2. The fourth-order valence-electron chi connectivity index (χ4n) is 4.74. The lowest BCUT2D eigenvalue weighted by molar-refractivity contribution is 0.439. The van der Waals surface area contributed by atoms with E-state index in [2.05, 4.69) is 39.5 Å². The molecule has 1 aliphatic heterocycles. The third kappa shape index (κ3) is 5.35. The van der Waals surface area contributed by atoms with Crippen LogP contribution in [-0.4, -0.2) is 57.4 Å². The van der Waals surface area contributed by atoms with E-state index in [1.54, 1.807) is 16.7 Å². The Morgan fingerprint density at radius 3 is 2.59 bits per heavy atom. The number of anilines is 3. The minimum absolute atomic E-state index is 0.218. The number of aromatic nitrogens is 4. The van der Waals surface area contributed by atoms with Crippen molar-refractivity contribution in [3.8, 4) is 0 Å². The smallest absolute Gasteiger partial charge is 0.229 e. The molecule has 0 bridgehead atoms. The SMILES string of the molecule is CCCS(=O)(=O)N1CC2CC(Nc3nc(Nc4cnn(CC(C)C)c4)ncc3Cl)CC2C1. The molecule has 2 aromatic heterocycles.